The van der Waals surface area contributed by atoms with Gasteiger partial charge < -0.3 is 9.64 Å². The molecule has 10 aromatic rings. The highest BCUT2D eigenvalue weighted by Gasteiger charge is 2.57. The van der Waals surface area contributed by atoms with Crippen molar-refractivity contribution < 1.29 is 4.74 Å². The second-order valence-electron chi connectivity index (χ2n) is 16.4. The largest absolute Gasteiger partial charge is 0.458 e. The first-order valence-corrected chi connectivity index (χ1v) is 25.5. The summed E-state index contributed by atoms with van der Waals surface area (Å²) >= 11 is 0. The molecule has 12 rings (SSSR count). The van der Waals surface area contributed by atoms with Crippen molar-refractivity contribution in [3.63, 3.8) is 0 Å². The fraction of sp³-hybridized carbons (Fsp3) is 0. The van der Waals surface area contributed by atoms with Gasteiger partial charge in [0.2, 0.25) is 0 Å². The number of benzene rings is 10. The van der Waals surface area contributed by atoms with Crippen LogP contribution < -0.4 is 30.4 Å². The summed E-state index contributed by atoms with van der Waals surface area (Å²) in [5.41, 5.74) is 8.12. The van der Waals surface area contributed by atoms with Gasteiger partial charge in [-0.05, 0) is 116 Å². The Kier molecular flexibility index (Phi) is 9.29. The lowest BCUT2D eigenvalue weighted by atomic mass is 10.0. The van der Waals surface area contributed by atoms with Crippen molar-refractivity contribution in [3.8, 4) is 33.8 Å². The van der Waals surface area contributed by atoms with Crippen molar-refractivity contribution in [1.82, 2.24) is 0 Å². The molecule has 10 aromatic carbocycles. The molecule has 2 heterocycles. The standard InChI is InChI=1S/C60H43NOSSi/c1-5-20-44(21-6-1)46-36-40-48(41-37-46)61(49-42-38-47(39-43-49)45-22-7-2-8-23-45)52-28-19-35-59-60(52)63(50-24-9-3-10-25-50,51-26-11-4-12-27-51)55-31-15-18-34-58(55)64(59)56-32-16-13-29-53(56)62-54-30-14-17-33-57(54)64/h1-43H. The first-order valence-electron chi connectivity index (χ1n) is 21.9. The van der Waals surface area contributed by atoms with E-state index in [1.54, 1.807) is 0 Å². The van der Waals surface area contributed by atoms with Crippen LogP contribution in [0.1, 0.15) is 0 Å². The minimum atomic E-state index is -3.12. The second kappa shape index (κ2) is 15.6. The monoisotopic (exact) mass is 853 g/mol. The zero-order valence-electron chi connectivity index (χ0n) is 35.1. The van der Waals surface area contributed by atoms with Gasteiger partial charge in [0, 0.05) is 31.0 Å². The fourth-order valence-electron chi connectivity index (χ4n) is 10.4. The molecule has 304 valence electrons. The molecule has 0 saturated carbocycles. The Hall–Kier alpha value is -7.63. The summed E-state index contributed by atoms with van der Waals surface area (Å²) in [6.45, 7) is 0. The number of rotatable bonds is 7. The lowest BCUT2D eigenvalue weighted by Gasteiger charge is -2.54. The summed E-state index contributed by atoms with van der Waals surface area (Å²) in [5.74, 6) is 1.87. The van der Waals surface area contributed by atoms with Gasteiger partial charge >= 0.3 is 0 Å². The minimum absolute atomic E-state index is 0.936. The van der Waals surface area contributed by atoms with Gasteiger partial charge in [-0.25, -0.2) is 0 Å². The molecule has 0 bridgehead atoms. The number of anilines is 3. The third-order valence-electron chi connectivity index (χ3n) is 13.0. The quantitative estimate of drug-likeness (QED) is 0.148. The molecule has 64 heavy (non-hydrogen) atoms. The molecular weight excluding hydrogens is 811 g/mol. The van der Waals surface area contributed by atoms with Crippen LogP contribution in [0, 0.1) is 0 Å². The Balaban J connectivity index is 1.24. The Bertz CT molecular complexity index is 3120. The van der Waals surface area contributed by atoms with Crippen LogP contribution in [-0.2, 0) is 0 Å². The van der Waals surface area contributed by atoms with E-state index < -0.39 is 18.1 Å². The van der Waals surface area contributed by atoms with Crippen LogP contribution in [0.4, 0.5) is 17.1 Å². The summed E-state index contributed by atoms with van der Waals surface area (Å²) < 4.78 is 6.90. The number of ether oxygens (including phenoxy) is 1. The molecule has 0 aromatic heterocycles. The van der Waals surface area contributed by atoms with E-state index in [9.17, 15) is 0 Å². The van der Waals surface area contributed by atoms with Crippen molar-refractivity contribution in [2.45, 2.75) is 19.6 Å². The van der Waals surface area contributed by atoms with Crippen LogP contribution in [0.15, 0.2) is 280 Å². The molecule has 0 fully saturated rings. The summed E-state index contributed by atoms with van der Waals surface area (Å²) in [6.07, 6.45) is 0. The van der Waals surface area contributed by atoms with E-state index in [0.717, 1.165) is 22.9 Å². The highest BCUT2D eigenvalue weighted by Crippen LogP contribution is 2.76. The van der Waals surface area contributed by atoms with Crippen molar-refractivity contribution in [2.75, 3.05) is 4.90 Å². The molecule has 0 unspecified atom stereocenters. The van der Waals surface area contributed by atoms with E-state index >= 15 is 0 Å². The Labute approximate surface area is 377 Å². The maximum Gasteiger partial charge on any atom is 0.190 e. The highest BCUT2D eigenvalue weighted by atomic mass is 32.3. The van der Waals surface area contributed by atoms with Crippen LogP contribution in [0.3, 0.4) is 0 Å². The molecular formula is C60H43NOSSi. The smallest absolute Gasteiger partial charge is 0.190 e. The van der Waals surface area contributed by atoms with Gasteiger partial charge in [-0.2, -0.15) is 0 Å². The molecule has 0 atom stereocenters. The van der Waals surface area contributed by atoms with Crippen molar-refractivity contribution >= 4 is 55.9 Å². The first-order chi connectivity index (χ1) is 31.8. The van der Waals surface area contributed by atoms with Crippen molar-refractivity contribution in [3.05, 3.63) is 261 Å². The molecule has 2 aliphatic rings. The number of nitrogens with zero attached hydrogens (tertiary/aromatic N) is 1. The van der Waals surface area contributed by atoms with E-state index in [0.29, 0.717) is 0 Å². The third-order valence-corrected chi connectivity index (χ3v) is 22.3. The SMILES string of the molecule is c1ccc(-c2ccc(N(c3ccc(-c4ccccc4)cc3)c3cccc4c3S(c3ccccc3)(c3ccccc3)c3ccccc3[Si]43c4ccccc4Oc4ccccc43)cc2)cc1. The normalized spacial score (nSPS) is 14.2. The average molecular weight is 854 g/mol. The van der Waals surface area contributed by atoms with Crippen LogP contribution in [0.25, 0.3) is 22.3 Å². The summed E-state index contributed by atoms with van der Waals surface area (Å²) in [6, 6.07) is 96.6. The van der Waals surface area contributed by atoms with E-state index in [-0.39, 0.29) is 0 Å². The predicted molar refractivity (Wildman–Crippen MR) is 269 cm³/mol. The molecule has 1 spiro atoms. The van der Waals surface area contributed by atoms with E-state index in [2.05, 4.69) is 266 Å². The number of hydrogen-bond donors (Lipinski definition) is 0. The average Bonchev–Trinajstić information content (AvgIpc) is 3.38. The fourth-order valence-corrected chi connectivity index (χ4v) is 21.4. The summed E-state index contributed by atoms with van der Waals surface area (Å²) in [7, 11) is -5.32. The molecule has 0 aliphatic carbocycles. The maximum atomic E-state index is 6.90. The molecule has 0 saturated heterocycles. The van der Waals surface area contributed by atoms with Crippen LogP contribution in [-0.4, -0.2) is 8.07 Å². The molecule has 0 radical (unpaired) electrons. The lowest BCUT2D eigenvalue weighted by molar-refractivity contribution is 0.487. The van der Waals surface area contributed by atoms with Crippen molar-refractivity contribution in [2.24, 2.45) is 0 Å². The topological polar surface area (TPSA) is 12.5 Å². The number of hydrogen-bond acceptors (Lipinski definition) is 2. The van der Waals surface area contributed by atoms with Gasteiger partial charge in [0.05, 0.1) is 5.69 Å². The lowest BCUT2D eigenvalue weighted by Crippen LogP contribution is -2.78. The molecule has 0 N–H and O–H groups in total. The van der Waals surface area contributed by atoms with Crippen LogP contribution in [0.2, 0.25) is 0 Å². The van der Waals surface area contributed by atoms with Gasteiger partial charge in [-0.1, -0.05) is 188 Å². The number of fused-ring (bicyclic) bond motifs is 8. The molecule has 0 amide bonds. The Morgan fingerprint density at radius 3 is 1.20 bits per heavy atom. The van der Waals surface area contributed by atoms with Gasteiger partial charge in [0.15, 0.2) is 8.07 Å². The predicted octanol–water partition coefficient (Wildman–Crippen LogP) is 13.6. The van der Waals surface area contributed by atoms with Gasteiger partial charge in [0.25, 0.3) is 0 Å². The maximum absolute atomic E-state index is 6.90. The van der Waals surface area contributed by atoms with Gasteiger partial charge in [-0.3, -0.25) is 0 Å². The molecule has 4 heteroatoms. The Morgan fingerprint density at radius 1 is 0.312 bits per heavy atom. The second-order valence-corrected chi connectivity index (χ2v) is 23.1. The summed E-state index contributed by atoms with van der Waals surface area (Å²) in [5, 5.41) is 5.36. The molecule has 2 nitrogen and oxygen atoms in total. The van der Waals surface area contributed by atoms with Crippen LogP contribution >= 0.6 is 10.0 Å². The first kappa shape index (κ1) is 38.1. The van der Waals surface area contributed by atoms with Gasteiger partial charge in [-0.15, -0.1) is 10.0 Å². The zero-order chi connectivity index (χ0) is 42.5. The molecule has 2 aliphatic heterocycles. The third kappa shape index (κ3) is 5.80. The van der Waals surface area contributed by atoms with Crippen LogP contribution in [0.5, 0.6) is 11.5 Å². The van der Waals surface area contributed by atoms with Gasteiger partial charge in [0.1, 0.15) is 11.5 Å². The summed E-state index contributed by atoms with van der Waals surface area (Å²) in [4.78, 5) is 7.88. The number of para-hydroxylation sites is 2. The Morgan fingerprint density at radius 2 is 0.703 bits per heavy atom. The van der Waals surface area contributed by atoms with E-state index in [1.807, 2.05) is 0 Å². The minimum Gasteiger partial charge on any atom is -0.458 e. The van der Waals surface area contributed by atoms with Crippen molar-refractivity contribution in [1.29, 1.82) is 0 Å². The zero-order valence-corrected chi connectivity index (χ0v) is 36.9. The highest BCUT2D eigenvalue weighted by molar-refractivity contribution is 8.34. The van der Waals surface area contributed by atoms with E-state index in [4.69, 9.17) is 4.74 Å². The van der Waals surface area contributed by atoms with E-state index in [1.165, 1.54) is 68.3 Å².